The van der Waals surface area contributed by atoms with E-state index in [4.69, 9.17) is 10.0 Å². The molecular weight excluding hydrogens is 725 g/mol. The first kappa shape index (κ1) is 43.1. The largest absolute Gasteiger partial charge is 0.491 e. The summed E-state index contributed by atoms with van der Waals surface area (Å²) in [5.41, 5.74) is 12.8. The lowest BCUT2D eigenvalue weighted by molar-refractivity contribution is 0.423. The second kappa shape index (κ2) is 20.8. The van der Waals surface area contributed by atoms with Crippen LogP contribution in [-0.4, -0.2) is 17.2 Å². The fourth-order valence-corrected chi connectivity index (χ4v) is 6.24. The minimum Gasteiger partial charge on any atom is -0.423 e. The molecule has 0 aliphatic rings. The maximum absolute atomic E-state index is 14.7. The molecule has 0 bridgehead atoms. The molecule has 0 unspecified atom stereocenters. The minimum atomic E-state index is -1.78. The molecule has 276 valence electrons. The molecule has 6 heteroatoms. The van der Waals surface area contributed by atoms with Crippen LogP contribution >= 0.6 is 15.9 Å². The summed E-state index contributed by atoms with van der Waals surface area (Å²) in [6.45, 7) is 12.7. The molecule has 0 aromatic heterocycles. The van der Waals surface area contributed by atoms with Gasteiger partial charge in [-0.3, -0.25) is 0 Å². The zero-order valence-electron chi connectivity index (χ0n) is 31.0. The third-order valence-electron chi connectivity index (χ3n) is 9.19. The highest BCUT2D eigenvalue weighted by Crippen LogP contribution is 2.29. The predicted octanol–water partition coefficient (Wildman–Crippen LogP) is 12.6. The molecule has 0 spiro atoms. The quantitative estimate of drug-likeness (QED) is 0.151. The molecule has 0 saturated carbocycles. The van der Waals surface area contributed by atoms with Crippen LogP contribution < -0.4 is 5.46 Å². The van der Waals surface area contributed by atoms with Crippen molar-refractivity contribution < 1.29 is 18.8 Å². The molecule has 0 aliphatic heterocycles. The predicted molar refractivity (Wildman–Crippen MR) is 227 cm³/mol. The van der Waals surface area contributed by atoms with Crippen LogP contribution in [0, 0.1) is 39.3 Å². The van der Waals surface area contributed by atoms with Crippen molar-refractivity contribution in [2.24, 2.45) is 0 Å². The Balaban J connectivity index is 0.000000232. The number of hydrogen-bond acceptors (Lipinski definition) is 2. The first-order valence-electron chi connectivity index (χ1n) is 17.8. The fourth-order valence-electron chi connectivity index (χ4n) is 5.76. The Labute approximate surface area is 324 Å². The monoisotopic (exact) mass is 776 g/mol. The van der Waals surface area contributed by atoms with Crippen molar-refractivity contribution in [1.29, 1.82) is 0 Å². The summed E-state index contributed by atoms with van der Waals surface area (Å²) in [5.74, 6) is -0.779. The van der Waals surface area contributed by atoms with E-state index in [0.29, 0.717) is 5.56 Å². The van der Waals surface area contributed by atoms with Gasteiger partial charge in [0.15, 0.2) is 0 Å². The van der Waals surface area contributed by atoms with Crippen molar-refractivity contribution in [2.45, 2.75) is 74.7 Å². The number of aryl methyl sites for hydroxylation is 6. The van der Waals surface area contributed by atoms with Gasteiger partial charge in [-0.2, -0.15) is 0 Å². The highest BCUT2D eigenvalue weighted by Gasteiger charge is 2.16. The molecule has 2 nitrogen and oxygen atoms in total. The first-order valence-corrected chi connectivity index (χ1v) is 18.6. The second-order valence-electron chi connectivity index (χ2n) is 13.2. The molecule has 6 rings (SSSR count). The molecule has 0 amide bonds. The standard InChI is InChI=1S/C23H23F.C15H16BFO2.C8H9Br.CH4/c1-4-5-18-7-10-19(11-8-18)20-12-13-22(23(24)15-20)21-9-6-16(2)17(3)14-21;1-2-3-11-4-6-12(7-5-11)13-8-9-14(16(18)19)15(17)10-13;1-6-3-4-8(9)5-7(6)2;/h6-15H,4-5H2,1-3H3;4-10,18-19H,2-3H2,1H3;3-5H,1-2H3;1H4. The van der Waals surface area contributed by atoms with Gasteiger partial charge in [0.1, 0.15) is 11.6 Å². The lowest BCUT2D eigenvalue weighted by Gasteiger charge is -2.09. The summed E-state index contributed by atoms with van der Waals surface area (Å²) in [5, 5.41) is 18.0. The Bertz CT molecular complexity index is 2060. The number of benzene rings is 6. The van der Waals surface area contributed by atoms with Crippen LogP contribution in [0.1, 0.15) is 67.5 Å². The summed E-state index contributed by atoms with van der Waals surface area (Å²) in [4.78, 5) is 0. The molecule has 0 saturated heterocycles. The van der Waals surface area contributed by atoms with Crippen LogP contribution in [0.15, 0.2) is 126 Å². The summed E-state index contributed by atoms with van der Waals surface area (Å²) in [7, 11) is -1.78. The van der Waals surface area contributed by atoms with Crippen LogP contribution in [0.3, 0.4) is 0 Å². The number of halogens is 3. The highest BCUT2D eigenvalue weighted by molar-refractivity contribution is 9.10. The van der Waals surface area contributed by atoms with Crippen LogP contribution in [0.5, 0.6) is 0 Å². The minimum absolute atomic E-state index is 0. The lowest BCUT2D eigenvalue weighted by atomic mass is 9.79. The molecule has 0 atom stereocenters. The van der Waals surface area contributed by atoms with Gasteiger partial charge in [-0.05, 0) is 126 Å². The van der Waals surface area contributed by atoms with Crippen molar-refractivity contribution in [3.63, 3.8) is 0 Å². The SMILES string of the molecule is C.CCCc1ccc(-c2ccc(-c3ccc(C)c(C)c3)c(F)c2)cc1.CCCc1ccc(-c2ccc(B(O)O)c(F)c2)cc1.Cc1ccc(Br)cc1C. The number of rotatable bonds is 8. The molecule has 6 aromatic carbocycles. The molecule has 53 heavy (non-hydrogen) atoms. The van der Waals surface area contributed by atoms with E-state index in [2.05, 4.69) is 99.9 Å². The molecule has 0 radical (unpaired) electrons. The average Bonchev–Trinajstić information content (AvgIpc) is 3.12. The van der Waals surface area contributed by atoms with Crippen LogP contribution in [-0.2, 0) is 12.8 Å². The zero-order chi connectivity index (χ0) is 37.8. The fraction of sp³-hybridized carbons (Fsp3) is 0.234. The summed E-state index contributed by atoms with van der Waals surface area (Å²) in [6.07, 6.45) is 4.35. The Morgan fingerprint density at radius 3 is 1.34 bits per heavy atom. The van der Waals surface area contributed by atoms with E-state index in [1.807, 2.05) is 54.6 Å². The first-order chi connectivity index (χ1) is 24.9. The van der Waals surface area contributed by atoms with E-state index in [-0.39, 0.29) is 18.7 Å². The van der Waals surface area contributed by atoms with Gasteiger partial charge in [0.2, 0.25) is 0 Å². The van der Waals surface area contributed by atoms with Crippen molar-refractivity contribution in [1.82, 2.24) is 0 Å². The Morgan fingerprint density at radius 2 is 0.925 bits per heavy atom. The number of hydrogen-bond donors (Lipinski definition) is 2. The molecule has 2 N–H and O–H groups in total. The Kier molecular flexibility index (Phi) is 16.9. The van der Waals surface area contributed by atoms with Gasteiger partial charge in [0.05, 0.1) is 0 Å². The van der Waals surface area contributed by atoms with E-state index in [1.165, 1.54) is 45.5 Å². The maximum Gasteiger partial charge on any atom is 0.491 e. The van der Waals surface area contributed by atoms with Crippen molar-refractivity contribution in [3.05, 3.63) is 171 Å². The summed E-state index contributed by atoms with van der Waals surface area (Å²) >= 11 is 3.40. The van der Waals surface area contributed by atoms with E-state index < -0.39 is 12.9 Å². The molecular formula is C47H52BBrF2O2. The molecule has 0 aliphatic carbocycles. The van der Waals surface area contributed by atoms with Crippen LogP contribution in [0.25, 0.3) is 33.4 Å². The second-order valence-corrected chi connectivity index (χ2v) is 14.1. The van der Waals surface area contributed by atoms with E-state index in [0.717, 1.165) is 58.0 Å². The van der Waals surface area contributed by atoms with Gasteiger partial charge in [-0.15, -0.1) is 0 Å². The van der Waals surface area contributed by atoms with Gasteiger partial charge in [-0.1, -0.05) is 147 Å². The topological polar surface area (TPSA) is 40.5 Å². The molecule has 0 heterocycles. The van der Waals surface area contributed by atoms with Crippen molar-refractivity contribution in [2.75, 3.05) is 0 Å². The zero-order valence-corrected chi connectivity index (χ0v) is 32.6. The molecule has 0 fully saturated rings. The third-order valence-corrected chi connectivity index (χ3v) is 9.68. The Hall–Kier alpha value is -4.36. The Morgan fingerprint density at radius 1 is 0.491 bits per heavy atom. The lowest BCUT2D eigenvalue weighted by Crippen LogP contribution is -2.32. The van der Waals surface area contributed by atoms with E-state index in [9.17, 15) is 8.78 Å². The third kappa shape index (κ3) is 12.4. The van der Waals surface area contributed by atoms with Gasteiger partial charge >= 0.3 is 7.12 Å². The van der Waals surface area contributed by atoms with Crippen LogP contribution in [0.2, 0.25) is 0 Å². The van der Waals surface area contributed by atoms with E-state index >= 15 is 0 Å². The normalized spacial score (nSPS) is 10.3. The smallest absolute Gasteiger partial charge is 0.423 e. The summed E-state index contributed by atoms with van der Waals surface area (Å²) in [6, 6.07) is 38.7. The van der Waals surface area contributed by atoms with Crippen molar-refractivity contribution in [3.8, 4) is 33.4 Å². The van der Waals surface area contributed by atoms with Gasteiger partial charge in [-0.25, -0.2) is 8.78 Å². The highest BCUT2D eigenvalue weighted by atomic mass is 79.9. The maximum atomic E-state index is 14.7. The van der Waals surface area contributed by atoms with Gasteiger partial charge in [0, 0.05) is 15.5 Å². The molecule has 6 aromatic rings. The summed E-state index contributed by atoms with van der Waals surface area (Å²) < 4.78 is 29.5. The van der Waals surface area contributed by atoms with Crippen molar-refractivity contribution >= 4 is 28.5 Å². The van der Waals surface area contributed by atoms with E-state index in [1.54, 1.807) is 12.1 Å². The van der Waals surface area contributed by atoms with Crippen LogP contribution in [0.4, 0.5) is 8.78 Å². The van der Waals surface area contributed by atoms with Gasteiger partial charge < -0.3 is 10.0 Å². The van der Waals surface area contributed by atoms with Gasteiger partial charge in [0.25, 0.3) is 0 Å². The average molecular weight is 778 g/mol.